The molecule has 1 aromatic carbocycles. The Morgan fingerprint density at radius 2 is 2.16 bits per heavy atom. The first-order chi connectivity index (χ1) is 8.93. The lowest BCUT2D eigenvalue weighted by Gasteiger charge is -2.21. The van der Waals surface area contributed by atoms with Crippen molar-refractivity contribution >= 4 is 34.9 Å². The van der Waals surface area contributed by atoms with E-state index < -0.39 is 6.10 Å². The predicted molar refractivity (Wildman–Crippen MR) is 76.0 cm³/mol. The largest absolute Gasteiger partial charge is 0.389 e. The Hall–Kier alpha value is -1.01. The number of amides is 2. The summed E-state index contributed by atoms with van der Waals surface area (Å²) in [7, 11) is 3.06. The molecule has 7 heteroatoms. The molecule has 0 aromatic heterocycles. The fraction of sp³-hybridized carbons (Fsp3) is 0.417. The fourth-order valence-corrected chi connectivity index (χ4v) is 1.74. The molecule has 0 bridgehead atoms. The SMILES string of the molecule is COCC(O)CN(C)C(=O)Nc1ccc(Cl)c(Cl)c1. The molecule has 0 aliphatic heterocycles. The Morgan fingerprint density at radius 1 is 1.47 bits per heavy atom. The summed E-state index contributed by atoms with van der Waals surface area (Å²) in [6.45, 7) is 0.339. The van der Waals surface area contributed by atoms with Crippen LogP contribution in [-0.4, -0.2) is 49.5 Å². The number of hydrogen-bond donors (Lipinski definition) is 2. The summed E-state index contributed by atoms with van der Waals surface area (Å²) in [5.74, 6) is 0. The first-order valence-electron chi connectivity index (χ1n) is 5.58. The van der Waals surface area contributed by atoms with Crippen LogP contribution in [0.5, 0.6) is 0 Å². The highest BCUT2D eigenvalue weighted by Gasteiger charge is 2.14. The molecule has 0 saturated carbocycles. The van der Waals surface area contributed by atoms with E-state index >= 15 is 0 Å². The number of hydrogen-bond acceptors (Lipinski definition) is 3. The number of carbonyl (C=O) groups is 1. The number of carbonyl (C=O) groups excluding carboxylic acids is 1. The lowest BCUT2D eigenvalue weighted by molar-refractivity contribution is 0.0501. The summed E-state index contributed by atoms with van der Waals surface area (Å²) >= 11 is 11.6. The highest BCUT2D eigenvalue weighted by atomic mass is 35.5. The molecule has 1 aromatic rings. The van der Waals surface area contributed by atoms with Gasteiger partial charge in [0.25, 0.3) is 0 Å². The van der Waals surface area contributed by atoms with Crippen LogP contribution in [0.1, 0.15) is 0 Å². The number of aliphatic hydroxyl groups is 1. The van der Waals surface area contributed by atoms with Gasteiger partial charge < -0.3 is 20.1 Å². The second-order valence-corrected chi connectivity index (χ2v) is 4.86. The highest BCUT2D eigenvalue weighted by molar-refractivity contribution is 6.42. The number of likely N-dealkylation sites (N-methyl/N-ethyl adjacent to an activating group) is 1. The van der Waals surface area contributed by atoms with Crippen LogP contribution in [0.3, 0.4) is 0 Å². The van der Waals surface area contributed by atoms with Crippen molar-refractivity contribution in [2.45, 2.75) is 6.10 Å². The van der Waals surface area contributed by atoms with E-state index in [2.05, 4.69) is 5.32 Å². The number of urea groups is 1. The Bertz CT molecular complexity index is 443. The Kier molecular flexibility index (Phi) is 6.37. The minimum absolute atomic E-state index is 0.168. The summed E-state index contributed by atoms with van der Waals surface area (Å²) in [5.41, 5.74) is 0.535. The maximum absolute atomic E-state index is 11.8. The van der Waals surface area contributed by atoms with E-state index in [-0.39, 0.29) is 19.2 Å². The zero-order valence-corrected chi connectivity index (χ0v) is 12.2. The van der Waals surface area contributed by atoms with Gasteiger partial charge in [-0.05, 0) is 18.2 Å². The minimum Gasteiger partial charge on any atom is -0.389 e. The molecule has 0 spiro atoms. The molecule has 0 heterocycles. The van der Waals surface area contributed by atoms with Crippen molar-refractivity contribution in [3.05, 3.63) is 28.2 Å². The van der Waals surface area contributed by atoms with Gasteiger partial charge >= 0.3 is 6.03 Å². The van der Waals surface area contributed by atoms with Crippen LogP contribution < -0.4 is 5.32 Å². The maximum atomic E-state index is 11.8. The van der Waals surface area contributed by atoms with Gasteiger partial charge in [0.2, 0.25) is 0 Å². The van der Waals surface area contributed by atoms with Gasteiger partial charge in [0.05, 0.1) is 29.3 Å². The lowest BCUT2D eigenvalue weighted by atomic mass is 10.3. The third-order valence-electron chi connectivity index (χ3n) is 2.36. The molecule has 1 rings (SSSR count). The van der Waals surface area contributed by atoms with Gasteiger partial charge in [-0.25, -0.2) is 4.79 Å². The number of nitrogens with one attached hydrogen (secondary N) is 1. The van der Waals surface area contributed by atoms with Gasteiger partial charge in [-0.2, -0.15) is 0 Å². The number of nitrogens with zero attached hydrogens (tertiary/aromatic N) is 1. The summed E-state index contributed by atoms with van der Waals surface area (Å²) in [6.07, 6.45) is -0.727. The topological polar surface area (TPSA) is 61.8 Å². The molecular formula is C12H16Cl2N2O3. The molecule has 2 amide bonds. The van der Waals surface area contributed by atoms with Crippen LogP contribution in [0, 0.1) is 0 Å². The molecule has 1 atom stereocenters. The average molecular weight is 307 g/mol. The van der Waals surface area contributed by atoms with Gasteiger partial charge in [-0.3, -0.25) is 0 Å². The van der Waals surface area contributed by atoms with Crippen LogP contribution in [-0.2, 0) is 4.74 Å². The van der Waals surface area contributed by atoms with E-state index in [1.807, 2.05) is 0 Å². The second-order valence-electron chi connectivity index (χ2n) is 4.05. The number of aliphatic hydroxyl groups excluding tert-OH is 1. The zero-order valence-electron chi connectivity index (χ0n) is 10.7. The van der Waals surface area contributed by atoms with E-state index in [1.54, 1.807) is 25.2 Å². The van der Waals surface area contributed by atoms with Crippen LogP contribution in [0.2, 0.25) is 10.0 Å². The Labute approximate surface area is 122 Å². The molecule has 0 fully saturated rings. The van der Waals surface area contributed by atoms with Crippen molar-refractivity contribution in [3.63, 3.8) is 0 Å². The minimum atomic E-state index is -0.727. The van der Waals surface area contributed by atoms with Gasteiger partial charge in [0.15, 0.2) is 0 Å². The normalized spacial score (nSPS) is 12.1. The molecule has 0 aliphatic rings. The maximum Gasteiger partial charge on any atom is 0.321 e. The smallest absolute Gasteiger partial charge is 0.321 e. The third-order valence-corrected chi connectivity index (χ3v) is 3.10. The van der Waals surface area contributed by atoms with Crippen LogP contribution in [0.15, 0.2) is 18.2 Å². The monoisotopic (exact) mass is 306 g/mol. The lowest BCUT2D eigenvalue weighted by Crippen LogP contribution is -2.38. The van der Waals surface area contributed by atoms with Crippen molar-refractivity contribution < 1.29 is 14.6 Å². The van der Waals surface area contributed by atoms with E-state index in [0.717, 1.165) is 0 Å². The van der Waals surface area contributed by atoms with Crippen LogP contribution in [0.4, 0.5) is 10.5 Å². The van der Waals surface area contributed by atoms with Gasteiger partial charge in [-0.1, -0.05) is 23.2 Å². The number of methoxy groups -OCH3 is 1. The Morgan fingerprint density at radius 3 is 2.74 bits per heavy atom. The van der Waals surface area contributed by atoms with Crippen LogP contribution in [0.25, 0.3) is 0 Å². The van der Waals surface area contributed by atoms with Crippen molar-refractivity contribution in [3.8, 4) is 0 Å². The molecule has 0 saturated heterocycles. The number of anilines is 1. The first-order valence-corrected chi connectivity index (χ1v) is 6.33. The fourth-order valence-electron chi connectivity index (χ4n) is 1.44. The number of ether oxygens (including phenoxy) is 1. The number of halogens is 2. The van der Waals surface area contributed by atoms with Gasteiger partial charge in [0, 0.05) is 19.8 Å². The summed E-state index contributed by atoms with van der Waals surface area (Å²) in [5, 5.41) is 13.0. The van der Waals surface area contributed by atoms with Gasteiger partial charge in [0.1, 0.15) is 0 Å². The summed E-state index contributed by atoms with van der Waals surface area (Å²) in [4.78, 5) is 13.2. The predicted octanol–water partition coefficient (Wildman–Crippen LogP) is 2.46. The average Bonchev–Trinajstić information content (AvgIpc) is 2.34. The van der Waals surface area contributed by atoms with Crippen molar-refractivity contribution in [1.29, 1.82) is 0 Å². The standard InChI is InChI=1S/C12H16Cl2N2O3/c1-16(6-9(17)7-19-2)12(18)15-8-3-4-10(13)11(14)5-8/h3-5,9,17H,6-7H2,1-2H3,(H,15,18). The van der Waals surface area contributed by atoms with E-state index in [0.29, 0.717) is 15.7 Å². The zero-order chi connectivity index (χ0) is 14.4. The number of rotatable bonds is 5. The Balaban J connectivity index is 2.56. The highest BCUT2D eigenvalue weighted by Crippen LogP contribution is 2.25. The molecule has 2 N–H and O–H groups in total. The first kappa shape index (κ1) is 16.0. The quantitative estimate of drug-likeness (QED) is 0.878. The summed E-state index contributed by atoms with van der Waals surface area (Å²) < 4.78 is 4.79. The molecule has 0 radical (unpaired) electrons. The molecule has 5 nitrogen and oxygen atoms in total. The number of benzene rings is 1. The summed E-state index contributed by atoms with van der Waals surface area (Å²) in [6, 6.07) is 4.44. The van der Waals surface area contributed by atoms with E-state index in [1.165, 1.54) is 12.0 Å². The molecule has 1 unspecified atom stereocenters. The van der Waals surface area contributed by atoms with Crippen molar-refractivity contribution in [1.82, 2.24) is 4.90 Å². The van der Waals surface area contributed by atoms with Crippen LogP contribution >= 0.6 is 23.2 Å². The van der Waals surface area contributed by atoms with Crippen molar-refractivity contribution in [2.75, 3.05) is 32.6 Å². The molecule has 0 aliphatic carbocycles. The van der Waals surface area contributed by atoms with Gasteiger partial charge in [-0.15, -0.1) is 0 Å². The van der Waals surface area contributed by atoms with E-state index in [9.17, 15) is 9.90 Å². The third kappa shape index (κ3) is 5.24. The van der Waals surface area contributed by atoms with E-state index in [4.69, 9.17) is 27.9 Å². The molecule has 19 heavy (non-hydrogen) atoms. The van der Waals surface area contributed by atoms with Crippen molar-refractivity contribution in [2.24, 2.45) is 0 Å². The molecular weight excluding hydrogens is 291 g/mol. The molecule has 106 valence electrons. The second kappa shape index (κ2) is 7.55.